The lowest BCUT2D eigenvalue weighted by Crippen LogP contribution is -2.44. The van der Waals surface area contributed by atoms with Gasteiger partial charge in [-0.3, -0.25) is 14.6 Å². The van der Waals surface area contributed by atoms with Gasteiger partial charge in [-0.2, -0.15) is 0 Å². The second kappa shape index (κ2) is 8.14. The number of likely N-dealkylation sites (tertiary alicyclic amines) is 1. The van der Waals surface area contributed by atoms with Gasteiger partial charge in [0.25, 0.3) is 11.5 Å². The molecule has 1 aromatic carbocycles. The Morgan fingerprint density at radius 2 is 2.15 bits per heavy atom. The molecule has 2 N–H and O–H groups in total. The molecule has 2 aromatic rings. The highest BCUT2D eigenvalue weighted by atomic mass is 32.1. The van der Waals surface area contributed by atoms with Crippen LogP contribution < -0.4 is 5.56 Å². The van der Waals surface area contributed by atoms with Crippen molar-refractivity contribution in [1.82, 2.24) is 14.9 Å². The van der Waals surface area contributed by atoms with E-state index in [1.165, 1.54) is 0 Å². The van der Waals surface area contributed by atoms with E-state index in [-0.39, 0.29) is 28.4 Å². The summed E-state index contributed by atoms with van der Waals surface area (Å²) in [7, 11) is 0. The molecule has 1 aromatic heterocycles. The number of benzene rings is 1. The number of piperidine rings is 1. The van der Waals surface area contributed by atoms with Gasteiger partial charge in [0.2, 0.25) is 0 Å². The van der Waals surface area contributed by atoms with Gasteiger partial charge in [-0.05, 0) is 69.9 Å². The number of rotatable bonds is 5. The van der Waals surface area contributed by atoms with E-state index < -0.39 is 0 Å². The lowest BCUT2D eigenvalue weighted by Gasteiger charge is -2.36. The van der Waals surface area contributed by atoms with Crippen molar-refractivity contribution in [2.24, 2.45) is 0 Å². The number of amides is 1. The first kappa shape index (κ1) is 18.8. The molecule has 2 heterocycles. The molecule has 1 aliphatic rings. The van der Waals surface area contributed by atoms with Crippen molar-refractivity contribution < 1.29 is 9.53 Å². The van der Waals surface area contributed by atoms with Crippen LogP contribution in [0.1, 0.15) is 49.9 Å². The number of ether oxygens (including phenoxy) is 1. The molecule has 7 heteroatoms. The average molecular weight is 375 g/mol. The predicted octanol–water partition coefficient (Wildman–Crippen LogP) is 3.40. The summed E-state index contributed by atoms with van der Waals surface area (Å²) >= 11 is 5.03. The fraction of sp³-hybridized carbons (Fsp3) is 0.526. The smallest absolute Gasteiger partial charge is 0.259 e. The van der Waals surface area contributed by atoms with Gasteiger partial charge in [0, 0.05) is 24.8 Å². The average Bonchev–Trinajstić information content (AvgIpc) is 2.60. The number of nitrogens with one attached hydrogen (secondary N) is 2. The van der Waals surface area contributed by atoms with Crippen LogP contribution in [0.25, 0.3) is 10.9 Å². The summed E-state index contributed by atoms with van der Waals surface area (Å²) in [5, 5.41) is 0.496. The summed E-state index contributed by atoms with van der Waals surface area (Å²) in [6, 6.07) is 5.31. The summed E-state index contributed by atoms with van der Waals surface area (Å²) in [6.07, 6.45) is 4.20. The van der Waals surface area contributed by atoms with Crippen LogP contribution in [0.2, 0.25) is 0 Å². The molecule has 0 bridgehead atoms. The van der Waals surface area contributed by atoms with Crippen LogP contribution in [-0.4, -0.2) is 46.1 Å². The molecular formula is C19H25N3O3S. The molecule has 6 nitrogen and oxygen atoms in total. The first-order valence-electron chi connectivity index (χ1n) is 9.14. The molecule has 0 saturated carbocycles. The van der Waals surface area contributed by atoms with Crippen LogP contribution in [0.5, 0.6) is 0 Å². The largest absolute Gasteiger partial charge is 0.379 e. The molecule has 0 radical (unpaired) electrons. The Bertz CT molecular complexity index is 903. The number of hydrogen-bond donors (Lipinski definition) is 2. The molecule has 1 aliphatic heterocycles. The van der Waals surface area contributed by atoms with Gasteiger partial charge in [0.1, 0.15) is 0 Å². The first-order valence-corrected chi connectivity index (χ1v) is 9.55. The zero-order valence-corrected chi connectivity index (χ0v) is 16.0. The minimum atomic E-state index is -0.246. The van der Waals surface area contributed by atoms with E-state index in [9.17, 15) is 9.59 Å². The molecule has 0 aliphatic carbocycles. The zero-order valence-electron chi connectivity index (χ0n) is 15.2. The Balaban J connectivity index is 1.83. The summed E-state index contributed by atoms with van der Waals surface area (Å²) < 4.78 is 5.93. The number of aromatic nitrogens is 2. The van der Waals surface area contributed by atoms with Crippen molar-refractivity contribution in [1.29, 1.82) is 0 Å². The molecule has 1 saturated heterocycles. The highest BCUT2D eigenvalue weighted by Gasteiger charge is 2.27. The van der Waals surface area contributed by atoms with Crippen molar-refractivity contribution in [2.75, 3.05) is 13.2 Å². The lowest BCUT2D eigenvalue weighted by atomic mass is 9.98. The van der Waals surface area contributed by atoms with Gasteiger partial charge in [-0.15, -0.1) is 0 Å². The highest BCUT2D eigenvalue weighted by molar-refractivity contribution is 7.71. The summed E-state index contributed by atoms with van der Waals surface area (Å²) in [4.78, 5) is 32.5. The molecule has 1 atom stereocenters. The third-order valence-corrected chi connectivity index (χ3v) is 4.98. The van der Waals surface area contributed by atoms with Crippen LogP contribution in [0.15, 0.2) is 23.0 Å². The van der Waals surface area contributed by atoms with Crippen LogP contribution >= 0.6 is 12.2 Å². The van der Waals surface area contributed by atoms with E-state index in [2.05, 4.69) is 9.97 Å². The van der Waals surface area contributed by atoms with Crippen LogP contribution in [0, 0.1) is 4.77 Å². The topological polar surface area (TPSA) is 78.2 Å². The molecule has 140 valence electrons. The number of aromatic amines is 2. The van der Waals surface area contributed by atoms with Gasteiger partial charge < -0.3 is 14.6 Å². The molecule has 1 amide bonds. The Morgan fingerprint density at radius 3 is 2.92 bits per heavy atom. The second-order valence-electron chi connectivity index (χ2n) is 7.02. The van der Waals surface area contributed by atoms with Crippen LogP contribution in [0.3, 0.4) is 0 Å². The Labute approximate surface area is 157 Å². The van der Waals surface area contributed by atoms with Gasteiger partial charge in [-0.25, -0.2) is 0 Å². The quantitative estimate of drug-likeness (QED) is 0.785. The molecular weight excluding hydrogens is 350 g/mol. The minimum absolute atomic E-state index is 0.000692. The maximum Gasteiger partial charge on any atom is 0.259 e. The second-order valence-corrected chi connectivity index (χ2v) is 7.43. The van der Waals surface area contributed by atoms with E-state index in [0.717, 1.165) is 32.2 Å². The predicted molar refractivity (Wildman–Crippen MR) is 104 cm³/mol. The fourth-order valence-electron chi connectivity index (χ4n) is 3.48. The third-order valence-electron chi connectivity index (χ3n) is 4.78. The summed E-state index contributed by atoms with van der Waals surface area (Å²) in [5.74, 6) is 0.000692. The Kier molecular flexibility index (Phi) is 5.88. The number of fused-ring (bicyclic) bond motifs is 1. The molecule has 0 spiro atoms. The van der Waals surface area contributed by atoms with Crippen molar-refractivity contribution in [2.45, 2.75) is 51.7 Å². The lowest BCUT2D eigenvalue weighted by molar-refractivity contribution is 0.0398. The first-order chi connectivity index (χ1) is 12.5. The SMILES string of the molecule is CC(C)OCC[C@@H]1CCCCN1C(=O)c1ccc2c(=O)[nH]c(=S)[nH]c2c1. The van der Waals surface area contributed by atoms with E-state index in [0.29, 0.717) is 23.1 Å². The van der Waals surface area contributed by atoms with Crippen molar-refractivity contribution in [3.05, 3.63) is 38.9 Å². The summed E-state index contributed by atoms with van der Waals surface area (Å²) in [6.45, 7) is 5.45. The van der Waals surface area contributed by atoms with Crippen LogP contribution in [-0.2, 0) is 4.74 Å². The normalized spacial score (nSPS) is 17.8. The van der Waals surface area contributed by atoms with E-state index >= 15 is 0 Å². The molecule has 3 rings (SSSR count). The van der Waals surface area contributed by atoms with Crippen molar-refractivity contribution in [3.8, 4) is 0 Å². The molecule has 0 unspecified atom stereocenters. The van der Waals surface area contributed by atoms with Gasteiger partial charge in [-0.1, -0.05) is 0 Å². The fourth-order valence-corrected chi connectivity index (χ4v) is 3.68. The third kappa shape index (κ3) is 4.22. The maximum atomic E-state index is 13.1. The summed E-state index contributed by atoms with van der Waals surface area (Å²) in [5.41, 5.74) is 0.913. The minimum Gasteiger partial charge on any atom is -0.379 e. The van der Waals surface area contributed by atoms with Gasteiger partial charge in [0.05, 0.1) is 17.0 Å². The number of carbonyl (C=O) groups excluding carboxylic acids is 1. The number of nitrogens with zero attached hydrogens (tertiary/aromatic N) is 1. The number of carbonyl (C=O) groups is 1. The van der Waals surface area contributed by atoms with Gasteiger partial charge >= 0.3 is 0 Å². The maximum absolute atomic E-state index is 13.1. The van der Waals surface area contributed by atoms with E-state index in [4.69, 9.17) is 17.0 Å². The van der Waals surface area contributed by atoms with Crippen LogP contribution in [0.4, 0.5) is 0 Å². The van der Waals surface area contributed by atoms with E-state index in [1.54, 1.807) is 18.2 Å². The highest BCUT2D eigenvalue weighted by Crippen LogP contribution is 2.23. The van der Waals surface area contributed by atoms with Gasteiger partial charge in [0.15, 0.2) is 4.77 Å². The van der Waals surface area contributed by atoms with Crippen molar-refractivity contribution >= 4 is 29.0 Å². The number of H-pyrrole nitrogens is 2. The van der Waals surface area contributed by atoms with Crippen molar-refractivity contribution in [3.63, 3.8) is 0 Å². The zero-order chi connectivity index (χ0) is 18.7. The Morgan fingerprint density at radius 1 is 1.35 bits per heavy atom. The Hall–Kier alpha value is -1.99. The molecule has 1 fully saturated rings. The molecule has 26 heavy (non-hydrogen) atoms. The monoisotopic (exact) mass is 375 g/mol. The standard InChI is InChI=1S/C19H25N3O3S/c1-12(2)25-10-8-14-5-3-4-9-22(14)18(24)13-6-7-15-16(11-13)20-19(26)21-17(15)23/h6-7,11-12,14H,3-5,8-10H2,1-2H3,(H2,20,21,23,26)/t14-/m0/s1. The number of hydrogen-bond acceptors (Lipinski definition) is 4. The van der Waals surface area contributed by atoms with E-state index in [1.807, 2.05) is 18.7 Å².